The van der Waals surface area contributed by atoms with E-state index in [0.29, 0.717) is 6.61 Å². The zero-order chi connectivity index (χ0) is 13.7. The second kappa shape index (κ2) is 6.76. The Kier molecular flexibility index (Phi) is 5.03. The van der Waals surface area contributed by atoms with Crippen LogP contribution in [0.4, 0.5) is 0 Å². The molecule has 19 heavy (non-hydrogen) atoms. The lowest BCUT2D eigenvalue weighted by Crippen LogP contribution is -1.96. The Labute approximate surface area is 123 Å². The van der Waals surface area contributed by atoms with Gasteiger partial charge in [-0.25, -0.2) is 0 Å². The zero-order valence-corrected chi connectivity index (χ0v) is 13.0. The summed E-state index contributed by atoms with van der Waals surface area (Å²) in [4.78, 5) is 0. The number of hydrogen-bond donors (Lipinski definition) is 0. The van der Waals surface area contributed by atoms with Crippen molar-refractivity contribution in [3.8, 4) is 5.75 Å². The third-order valence-corrected chi connectivity index (χ3v) is 3.67. The van der Waals surface area contributed by atoms with Gasteiger partial charge in [0.1, 0.15) is 5.75 Å². The van der Waals surface area contributed by atoms with Gasteiger partial charge in [-0.1, -0.05) is 41.1 Å². The predicted molar refractivity (Wildman–Crippen MR) is 83.9 cm³/mol. The van der Waals surface area contributed by atoms with Gasteiger partial charge >= 0.3 is 0 Å². The molecule has 0 saturated heterocycles. The van der Waals surface area contributed by atoms with E-state index >= 15 is 0 Å². The molecular formula is C17H19BrO. The number of benzene rings is 2. The summed E-state index contributed by atoms with van der Waals surface area (Å²) in [6.07, 6.45) is 2.04. The highest BCUT2D eigenvalue weighted by molar-refractivity contribution is 9.10. The van der Waals surface area contributed by atoms with Crippen LogP contribution in [0.3, 0.4) is 0 Å². The maximum absolute atomic E-state index is 5.47. The number of aryl methyl sites for hydroxylation is 1. The lowest BCUT2D eigenvalue weighted by Gasteiger charge is -2.09. The summed E-state index contributed by atoms with van der Waals surface area (Å²) in [6.45, 7) is 4.92. The van der Waals surface area contributed by atoms with E-state index in [1.165, 1.54) is 16.7 Å². The van der Waals surface area contributed by atoms with Crippen molar-refractivity contribution in [2.45, 2.75) is 26.7 Å². The second-order valence-electron chi connectivity index (χ2n) is 4.52. The van der Waals surface area contributed by atoms with Crippen molar-refractivity contribution in [2.75, 3.05) is 6.61 Å². The van der Waals surface area contributed by atoms with Crippen molar-refractivity contribution in [1.82, 2.24) is 0 Å². The van der Waals surface area contributed by atoms with Crippen LogP contribution in [0.2, 0.25) is 0 Å². The number of hydrogen-bond acceptors (Lipinski definition) is 1. The van der Waals surface area contributed by atoms with E-state index < -0.39 is 0 Å². The SMILES string of the molecule is CCOc1ccc(Cc2cc(Br)ccc2CC)cc1. The molecule has 2 aromatic carbocycles. The normalized spacial score (nSPS) is 10.5. The molecule has 2 heteroatoms. The standard InChI is InChI=1S/C17H19BrO/c1-3-14-7-8-16(18)12-15(14)11-13-5-9-17(10-6-13)19-4-2/h5-10,12H,3-4,11H2,1-2H3. The molecule has 100 valence electrons. The van der Waals surface area contributed by atoms with Crippen LogP contribution in [0.15, 0.2) is 46.9 Å². The summed E-state index contributed by atoms with van der Waals surface area (Å²) in [5, 5.41) is 0. The van der Waals surface area contributed by atoms with Crippen molar-refractivity contribution in [3.63, 3.8) is 0 Å². The third kappa shape index (κ3) is 3.84. The molecule has 0 aromatic heterocycles. The van der Waals surface area contributed by atoms with Gasteiger partial charge in [-0.3, -0.25) is 0 Å². The Morgan fingerprint density at radius 1 is 0.947 bits per heavy atom. The van der Waals surface area contributed by atoms with Gasteiger partial charge in [0.2, 0.25) is 0 Å². The molecule has 0 N–H and O–H groups in total. The molecule has 0 unspecified atom stereocenters. The minimum absolute atomic E-state index is 0.713. The molecule has 0 radical (unpaired) electrons. The van der Waals surface area contributed by atoms with Crippen molar-refractivity contribution < 1.29 is 4.74 Å². The van der Waals surface area contributed by atoms with E-state index in [9.17, 15) is 0 Å². The molecule has 0 amide bonds. The maximum Gasteiger partial charge on any atom is 0.119 e. The fourth-order valence-electron chi connectivity index (χ4n) is 2.19. The first kappa shape index (κ1) is 14.1. The van der Waals surface area contributed by atoms with Crippen LogP contribution < -0.4 is 4.74 Å². The summed E-state index contributed by atoms with van der Waals surface area (Å²) in [7, 11) is 0. The summed E-state index contributed by atoms with van der Waals surface area (Å²) in [6, 6.07) is 14.9. The highest BCUT2D eigenvalue weighted by atomic mass is 79.9. The average molecular weight is 319 g/mol. The van der Waals surface area contributed by atoms with Crippen LogP contribution in [-0.4, -0.2) is 6.61 Å². The van der Waals surface area contributed by atoms with Gasteiger partial charge in [-0.05, 0) is 60.7 Å². The molecule has 0 aliphatic rings. The molecule has 0 atom stereocenters. The van der Waals surface area contributed by atoms with E-state index in [0.717, 1.165) is 23.1 Å². The maximum atomic E-state index is 5.47. The van der Waals surface area contributed by atoms with Crippen molar-refractivity contribution in [2.24, 2.45) is 0 Å². The van der Waals surface area contributed by atoms with E-state index in [-0.39, 0.29) is 0 Å². The molecule has 2 aromatic rings. The lowest BCUT2D eigenvalue weighted by molar-refractivity contribution is 0.340. The first-order valence-electron chi connectivity index (χ1n) is 6.72. The van der Waals surface area contributed by atoms with Crippen LogP contribution in [-0.2, 0) is 12.8 Å². The zero-order valence-electron chi connectivity index (χ0n) is 11.4. The molecule has 0 bridgehead atoms. The molecule has 0 spiro atoms. The Hall–Kier alpha value is -1.28. The quantitative estimate of drug-likeness (QED) is 0.753. The highest BCUT2D eigenvalue weighted by Gasteiger charge is 2.03. The Balaban J connectivity index is 2.18. The van der Waals surface area contributed by atoms with Crippen molar-refractivity contribution in [1.29, 1.82) is 0 Å². The summed E-state index contributed by atoms with van der Waals surface area (Å²) >= 11 is 3.55. The van der Waals surface area contributed by atoms with Crippen LogP contribution in [0.1, 0.15) is 30.5 Å². The predicted octanol–water partition coefficient (Wildman–Crippen LogP) is 5.00. The summed E-state index contributed by atoms with van der Waals surface area (Å²) < 4.78 is 6.61. The third-order valence-electron chi connectivity index (χ3n) is 3.18. The second-order valence-corrected chi connectivity index (χ2v) is 5.44. The van der Waals surface area contributed by atoms with Crippen LogP contribution in [0.5, 0.6) is 5.75 Å². The molecule has 0 aliphatic carbocycles. The van der Waals surface area contributed by atoms with E-state index in [2.05, 4.69) is 53.2 Å². The number of rotatable bonds is 5. The number of ether oxygens (including phenoxy) is 1. The highest BCUT2D eigenvalue weighted by Crippen LogP contribution is 2.21. The smallest absolute Gasteiger partial charge is 0.119 e. The molecule has 1 nitrogen and oxygen atoms in total. The topological polar surface area (TPSA) is 9.23 Å². The van der Waals surface area contributed by atoms with Gasteiger partial charge in [-0.15, -0.1) is 0 Å². The van der Waals surface area contributed by atoms with Crippen LogP contribution in [0.25, 0.3) is 0 Å². The van der Waals surface area contributed by atoms with Gasteiger partial charge in [-0.2, -0.15) is 0 Å². The summed E-state index contributed by atoms with van der Waals surface area (Å²) in [5.41, 5.74) is 4.12. The number of halogens is 1. The molecule has 0 heterocycles. The minimum atomic E-state index is 0.713. The Morgan fingerprint density at radius 2 is 1.68 bits per heavy atom. The molecule has 0 saturated carbocycles. The van der Waals surface area contributed by atoms with Gasteiger partial charge in [0, 0.05) is 4.47 Å². The van der Waals surface area contributed by atoms with Crippen molar-refractivity contribution in [3.05, 3.63) is 63.6 Å². The average Bonchev–Trinajstić information content (AvgIpc) is 2.42. The molecule has 0 fully saturated rings. The van der Waals surface area contributed by atoms with Crippen molar-refractivity contribution >= 4 is 15.9 Å². The monoisotopic (exact) mass is 318 g/mol. The first-order chi connectivity index (χ1) is 9.22. The molecular weight excluding hydrogens is 300 g/mol. The van der Waals surface area contributed by atoms with Gasteiger partial charge in [0.25, 0.3) is 0 Å². The Morgan fingerprint density at radius 3 is 2.32 bits per heavy atom. The summed E-state index contributed by atoms with van der Waals surface area (Å²) in [5.74, 6) is 0.941. The van der Waals surface area contributed by atoms with Gasteiger partial charge in [0.05, 0.1) is 6.61 Å². The van der Waals surface area contributed by atoms with Crippen LogP contribution in [0, 0.1) is 0 Å². The Bertz CT molecular complexity index is 531. The molecule has 2 rings (SSSR count). The van der Waals surface area contributed by atoms with Gasteiger partial charge < -0.3 is 4.74 Å². The fraction of sp³-hybridized carbons (Fsp3) is 0.294. The lowest BCUT2D eigenvalue weighted by atomic mass is 9.98. The van der Waals surface area contributed by atoms with E-state index in [4.69, 9.17) is 4.74 Å². The molecule has 0 aliphatic heterocycles. The first-order valence-corrected chi connectivity index (χ1v) is 7.51. The van der Waals surface area contributed by atoms with E-state index in [1.807, 2.05) is 19.1 Å². The van der Waals surface area contributed by atoms with Crippen LogP contribution >= 0.6 is 15.9 Å². The van der Waals surface area contributed by atoms with Gasteiger partial charge in [0.15, 0.2) is 0 Å². The van der Waals surface area contributed by atoms with E-state index in [1.54, 1.807) is 0 Å². The fourth-order valence-corrected chi connectivity index (χ4v) is 2.60. The minimum Gasteiger partial charge on any atom is -0.494 e. The largest absolute Gasteiger partial charge is 0.494 e.